The van der Waals surface area contributed by atoms with Gasteiger partial charge in [0.2, 0.25) is 0 Å². The van der Waals surface area contributed by atoms with Crippen LogP contribution in [0, 0.1) is 13.8 Å². The molecule has 0 bridgehead atoms. The van der Waals surface area contributed by atoms with Gasteiger partial charge in [0.25, 0.3) is 0 Å². The molecule has 172 valence electrons. The highest BCUT2D eigenvalue weighted by molar-refractivity contribution is 5.90. The molecule has 4 rings (SSSR count). The molecule has 2 N–H and O–H groups in total. The van der Waals surface area contributed by atoms with Crippen LogP contribution in [0.5, 0.6) is 0 Å². The Morgan fingerprint density at radius 2 is 1.50 bits per heavy atom. The minimum Gasteiger partial charge on any atom is -0.395 e. The number of aryl methyl sites for hydroxylation is 1. The molecule has 0 aliphatic carbocycles. The molecular formula is C23H33N7O2. The molecule has 2 aliphatic rings. The highest BCUT2D eigenvalue weighted by Gasteiger charge is 2.23. The van der Waals surface area contributed by atoms with Gasteiger partial charge >= 0.3 is 6.03 Å². The number of carbonyl (C=O) groups is 1. The van der Waals surface area contributed by atoms with E-state index in [1.165, 1.54) is 5.56 Å². The van der Waals surface area contributed by atoms with E-state index in [2.05, 4.69) is 30.2 Å². The monoisotopic (exact) mass is 439 g/mol. The van der Waals surface area contributed by atoms with Crippen LogP contribution in [0.15, 0.2) is 30.3 Å². The molecule has 0 unspecified atom stereocenters. The van der Waals surface area contributed by atoms with Crippen LogP contribution in [-0.4, -0.2) is 96.6 Å². The Morgan fingerprint density at radius 1 is 0.906 bits per heavy atom. The van der Waals surface area contributed by atoms with Crippen molar-refractivity contribution in [3.8, 4) is 0 Å². The van der Waals surface area contributed by atoms with Crippen LogP contribution >= 0.6 is 0 Å². The van der Waals surface area contributed by atoms with Gasteiger partial charge in [-0.1, -0.05) is 12.1 Å². The molecule has 2 aromatic rings. The largest absolute Gasteiger partial charge is 0.395 e. The number of urea groups is 1. The van der Waals surface area contributed by atoms with Gasteiger partial charge in [-0.15, -0.1) is 10.2 Å². The van der Waals surface area contributed by atoms with Gasteiger partial charge in [-0.25, -0.2) is 4.79 Å². The lowest BCUT2D eigenvalue weighted by Gasteiger charge is -2.36. The Balaban J connectivity index is 1.28. The highest BCUT2D eigenvalue weighted by atomic mass is 16.3. The van der Waals surface area contributed by atoms with E-state index in [9.17, 15) is 4.79 Å². The number of hydrogen-bond donors (Lipinski definition) is 2. The molecule has 9 heteroatoms. The van der Waals surface area contributed by atoms with E-state index in [4.69, 9.17) is 5.11 Å². The number of aliphatic hydroxyl groups is 1. The third-order valence-electron chi connectivity index (χ3n) is 6.49. The van der Waals surface area contributed by atoms with Gasteiger partial charge in [-0.2, -0.15) is 0 Å². The van der Waals surface area contributed by atoms with Crippen molar-refractivity contribution in [1.82, 2.24) is 20.0 Å². The number of nitrogens with one attached hydrogen (secondary N) is 1. The van der Waals surface area contributed by atoms with Gasteiger partial charge in [0, 0.05) is 64.6 Å². The summed E-state index contributed by atoms with van der Waals surface area (Å²) in [6, 6.07) is 9.96. The zero-order valence-corrected chi connectivity index (χ0v) is 19.0. The fourth-order valence-electron chi connectivity index (χ4n) is 4.22. The van der Waals surface area contributed by atoms with E-state index >= 15 is 0 Å². The van der Waals surface area contributed by atoms with Crippen LogP contribution in [0.2, 0.25) is 0 Å². The summed E-state index contributed by atoms with van der Waals surface area (Å²) >= 11 is 0. The maximum atomic E-state index is 12.7. The number of benzene rings is 1. The van der Waals surface area contributed by atoms with Crippen LogP contribution in [-0.2, 0) is 0 Å². The number of aromatic nitrogens is 2. The van der Waals surface area contributed by atoms with Crippen LogP contribution in [0.4, 0.5) is 22.1 Å². The summed E-state index contributed by atoms with van der Waals surface area (Å²) in [6.45, 7) is 11.4. The van der Waals surface area contributed by atoms with Crippen molar-refractivity contribution >= 4 is 23.4 Å². The summed E-state index contributed by atoms with van der Waals surface area (Å²) in [6.07, 6.45) is 0. The first-order valence-corrected chi connectivity index (χ1v) is 11.3. The molecule has 0 radical (unpaired) electrons. The molecule has 0 saturated carbocycles. The van der Waals surface area contributed by atoms with Gasteiger partial charge in [-0.05, 0) is 43.2 Å². The van der Waals surface area contributed by atoms with E-state index < -0.39 is 0 Å². The van der Waals surface area contributed by atoms with E-state index in [0.717, 1.165) is 68.7 Å². The summed E-state index contributed by atoms with van der Waals surface area (Å²) < 4.78 is 0. The second-order valence-electron chi connectivity index (χ2n) is 8.45. The smallest absolute Gasteiger partial charge is 0.321 e. The fraction of sp³-hybridized carbons (Fsp3) is 0.522. The van der Waals surface area contributed by atoms with Crippen molar-refractivity contribution in [2.75, 3.05) is 80.6 Å². The second kappa shape index (κ2) is 10.1. The van der Waals surface area contributed by atoms with Gasteiger partial charge in [0.15, 0.2) is 11.6 Å². The minimum atomic E-state index is -0.0554. The molecule has 2 aliphatic heterocycles. The average molecular weight is 440 g/mol. The predicted molar refractivity (Wildman–Crippen MR) is 126 cm³/mol. The standard InChI is InChI=1S/C23H33N7O2/c1-18-4-3-5-20(19(18)2)24-23(32)30-14-12-29(13-15-30)22-7-6-21(25-26-22)28-10-8-27(9-11-28)16-17-31/h3-7,31H,8-17H2,1-2H3,(H,24,32). The minimum absolute atomic E-state index is 0.0554. The summed E-state index contributed by atoms with van der Waals surface area (Å²) in [5.74, 6) is 1.74. The Morgan fingerprint density at radius 3 is 2.06 bits per heavy atom. The second-order valence-corrected chi connectivity index (χ2v) is 8.45. The Kier molecular flexibility index (Phi) is 7.06. The molecule has 32 heavy (non-hydrogen) atoms. The summed E-state index contributed by atoms with van der Waals surface area (Å²) in [5.41, 5.74) is 3.14. The predicted octanol–water partition coefficient (Wildman–Crippen LogP) is 1.56. The number of rotatable bonds is 5. The molecule has 2 fully saturated rings. The molecule has 3 heterocycles. The number of β-amino-alcohol motifs (C(OH)–C–C–N with tert-alkyl or cyclic N) is 1. The van der Waals surface area contributed by atoms with Crippen molar-refractivity contribution in [3.05, 3.63) is 41.5 Å². The van der Waals surface area contributed by atoms with E-state index in [1.807, 2.05) is 49.1 Å². The lowest BCUT2D eigenvalue weighted by Crippen LogP contribution is -2.50. The van der Waals surface area contributed by atoms with Crippen LogP contribution < -0.4 is 15.1 Å². The Hall–Kier alpha value is -2.91. The molecule has 9 nitrogen and oxygen atoms in total. The number of hydrogen-bond acceptors (Lipinski definition) is 7. The maximum Gasteiger partial charge on any atom is 0.321 e. The number of anilines is 3. The quantitative estimate of drug-likeness (QED) is 0.731. The van der Waals surface area contributed by atoms with Crippen molar-refractivity contribution < 1.29 is 9.90 Å². The first-order chi connectivity index (χ1) is 15.5. The first-order valence-electron chi connectivity index (χ1n) is 11.3. The van der Waals surface area contributed by atoms with Gasteiger partial charge in [-0.3, -0.25) is 4.90 Å². The van der Waals surface area contributed by atoms with Gasteiger partial charge in [0.1, 0.15) is 0 Å². The molecule has 1 aromatic heterocycles. The number of nitrogens with zero attached hydrogens (tertiary/aromatic N) is 6. The number of piperazine rings is 2. The van der Waals surface area contributed by atoms with Crippen molar-refractivity contribution in [2.45, 2.75) is 13.8 Å². The molecule has 2 saturated heterocycles. The molecule has 1 aromatic carbocycles. The van der Waals surface area contributed by atoms with Crippen LogP contribution in [0.25, 0.3) is 0 Å². The van der Waals surface area contributed by atoms with E-state index in [1.54, 1.807) is 0 Å². The topological polar surface area (TPSA) is 88.1 Å². The summed E-state index contributed by atoms with van der Waals surface area (Å²) in [7, 11) is 0. The molecular weight excluding hydrogens is 406 g/mol. The lowest BCUT2D eigenvalue weighted by molar-refractivity contribution is 0.188. The zero-order valence-electron chi connectivity index (χ0n) is 19.0. The van der Waals surface area contributed by atoms with Crippen molar-refractivity contribution in [3.63, 3.8) is 0 Å². The maximum absolute atomic E-state index is 12.7. The van der Waals surface area contributed by atoms with Crippen LogP contribution in [0.1, 0.15) is 11.1 Å². The van der Waals surface area contributed by atoms with E-state index in [-0.39, 0.29) is 12.6 Å². The molecule has 2 amide bonds. The van der Waals surface area contributed by atoms with Gasteiger partial charge in [0.05, 0.1) is 6.61 Å². The molecule has 0 spiro atoms. The van der Waals surface area contributed by atoms with Crippen molar-refractivity contribution in [2.24, 2.45) is 0 Å². The Bertz CT molecular complexity index is 905. The third kappa shape index (κ3) is 5.11. The van der Waals surface area contributed by atoms with E-state index in [0.29, 0.717) is 13.1 Å². The fourth-order valence-corrected chi connectivity index (χ4v) is 4.22. The normalized spacial score (nSPS) is 17.5. The zero-order chi connectivity index (χ0) is 22.5. The lowest BCUT2D eigenvalue weighted by atomic mass is 10.1. The van der Waals surface area contributed by atoms with Crippen molar-refractivity contribution in [1.29, 1.82) is 0 Å². The van der Waals surface area contributed by atoms with Gasteiger partial charge < -0.3 is 25.1 Å². The average Bonchev–Trinajstić information content (AvgIpc) is 2.83. The van der Waals surface area contributed by atoms with Crippen LogP contribution in [0.3, 0.4) is 0 Å². The first kappa shape index (κ1) is 22.3. The number of aliphatic hydroxyl groups excluding tert-OH is 1. The Labute approximate surface area is 189 Å². The highest BCUT2D eigenvalue weighted by Crippen LogP contribution is 2.20. The molecule has 0 atom stereocenters. The SMILES string of the molecule is Cc1cccc(NC(=O)N2CCN(c3ccc(N4CCN(CCO)CC4)nn3)CC2)c1C. The third-order valence-corrected chi connectivity index (χ3v) is 6.49. The summed E-state index contributed by atoms with van der Waals surface area (Å²) in [5, 5.41) is 21.0. The summed E-state index contributed by atoms with van der Waals surface area (Å²) in [4.78, 5) is 21.2. The number of amides is 2. The number of carbonyl (C=O) groups excluding carboxylic acids is 1.